The van der Waals surface area contributed by atoms with Gasteiger partial charge in [0.1, 0.15) is 0 Å². The zero-order chi connectivity index (χ0) is 17.6. The van der Waals surface area contributed by atoms with Gasteiger partial charge in [-0.15, -0.1) is 11.6 Å². The number of benzene rings is 1. The first-order valence-electron chi connectivity index (χ1n) is 6.48. The van der Waals surface area contributed by atoms with Crippen molar-refractivity contribution in [3.63, 3.8) is 0 Å². The van der Waals surface area contributed by atoms with Crippen LogP contribution in [0.2, 0.25) is 0 Å². The van der Waals surface area contributed by atoms with Gasteiger partial charge in [-0.2, -0.15) is 13.2 Å². The second-order valence-electron chi connectivity index (χ2n) is 4.61. The Morgan fingerprint density at radius 1 is 1.13 bits per heavy atom. The van der Waals surface area contributed by atoms with Crippen molar-refractivity contribution >= 4 is 28.7 Å². The lowest BCUT2D eigenvalue weighted by Crippen LogP contribution is -2.09. The van der Waals surface area contributed by atoms with Crippen molar-refractivity contribution in [3.8, 4) is 0 Å². The monoisotopic (exact) mass is 355 g/mol. The van der Waals surface area contributed by atoms with E-state index in [1.165, 1.54) is 0 Å². The van der Waals surface area contributed by atoms with Crippen molar-refractivity contribution < 1.29 is 23.0 Å². The minimum absolute atomic E-state index is 0.0661. The Kier molecular flexibility index (Phi) is 6.55. The molecular weight excluding hydrogens is 343 g/mol. The van der Waals surface area contributed by atoms with Crippen molar-refractivity contribution in [1.29, 1.82) is 0 Å². The van der Waals surface area contributed by atoms with Gasteiger partial charge >= 0.3 is 6.18 Å². The van der Waals surface area contributed by atoms with Gasteiger partial charge in [0.2, 0.25) is 0 Å². The fourth-order valence-corrected chi connectivity index (χ4v) is 2.04. The van der Waals surface area contributed by atoms with Gasteiger partial charge in [-0.1, -0.05) is 0 Å². The molecule has 7 nitrogen and oxygen atoms in total. The van der Waals surface area contributed by atoms with Crippen LogP contribution in [-0.2, 0) is 6.42 Å². The second kappa shape index (κ2) is 7.95. The molecule has 0 aliphatic rings. The number of rotatable bonds is 8. The molecule has 0 aliphatic carbocycles. The lowest BCUT2D eigenvalue weighted by molar-refractivity contribution is -0.392. The highest BCUT2D eigenvalue weighted by atomic mass is 35.5. The minimum atomic E-state index is -4.35. The number of aryl methyl sites for hydroxylation is 1. The molecule has 0 unspecified atom stereocenters. The average Bonchev–Trinajstić information content (AvgIpc) is 2.43. The van der Waals surface area contributed by atoms with Crippen LogP contribution < -0.4 is 5.32 Å². The maximum Gasteiger partial charge on any atom is 0.389 e. The molecule has 0 fully saturated rings. The van der Waals surface area contributed by atoms with Crippen LogP contribution in [0.3, 0.4) is 0 Å². The molecule has 0 bridgehead atoms. The summed E-state index contributed by atoms with van der Waals surface area (Å²) in [6.07, 6.45) is -5.89. The van der Waals surface area contributed by atoms with Crippen molar-refractivity contribution in [2.75, 3.05) is 17.7 Å². The molecule has 0 heterocycles. The number of halogens is 4. The Labute approximate surface area is 133 Å². The second-order valence-corrected chi connectivity index (χ2v) is 4.99. The third-order valence-corrected chi connectivity index (χ3v) is 3.06. The first kappa shape index (κ1) is 18.9. The Morgan fingerprint density at radius 3 is 2.04 bits per heavy atom. The van der Waals surface area contributed by atoms with Crippen LogP contribution in [0, 0.1) is 20.2 Å². The van der Waals surface area contributed by atoms with Gasteiger partial charge in [0.15, 0.2) is 5.69 Å². The molecule has 11 heteroatoms. The van der Waals surface area contributed by atoms with Crippen molar-refractivity contribution in [1.82, 2.24) is 0 Å². The standard InChI is InChI=1S/C12H13ClF3N3O4/c13-4-5-17-11-9(18(20)21)6-8(7-10(11)19(22)23)2-1-3-12(14,15)16/h6-7,17H,1-5H2. The highest BCUT2D eigenvalue weighted by molar-refractivity contribution is 6.18. The molecule has 1 rings (SSSR count). The molecule has 1 aromatic rings. The molecule has 0 amide bonds. The fourth-order valence-electron chi connectivity index (χ4n) is 1.95. The van der Waals surface area contributed by atoms with Crippen LogP contribution in [0.15, 0.2) is 12.1 Å². The highest BCUT2D eigenvalue weighted by Gasteiger charge is 2.28. The average molecular weight is 356 g/mol. The van der Waals surface area contributed by atoms with Crippen LogP contribution in [0.1, 0.15) is 18.4 Å². The van der Waals surface area contributed by atoms with Crippen LogP contribution in [0.4, 0.5) is 30.2 Å². The quantitative estimate of drug-likeness (QED) is 0.431. The van der Waals surface area contributed by atoms with E-state index in [0.717, 1.165) is 12.1 Å². The normalized spacial score (nSPS) is 11.3. The number of nitro groups is 2. The van der Waals surface area contributed by atoms with Crippen molar-refractivity contribution in [2.45, 2.75) is 25.4 Å². The molecule has 23 heavy (non-hydrogen) atoms. The van der Waals surface area contributed by atoms with Crippen LogP contribution in [-0.4, -0.2) is 28.4 Å². The number of anilines is 1. The zero-order valence-corrected chi connectivity index (χ0v) is 12.5. The maximum absolute atomic E-state index is 12.1. The van der Waals surface area contributed by atoms with Gasteiger partial charge in [0, 0.05) is 31.0 Å². The number of hydrogen-bond acceptors (Lipinski definition) is 5. The van der Waals surface area contributed by atoms with E-state index in [-0.39, 0.29) is 36.5 Å². The van der Waals surface area contributed by atoms with Gasteiger partial charge in [0.05, 0.1) is 9.85 Å². The van der Waals surface area contributed by atoms with E-state index < -0.39 is 33.8 Å². The summed E-state index contributed by atoms with van der Waals surface area (Å²) in [6.45, 7) is 0.0661. The van der Waals surface area contributed by atoms with Gasteiger partial charge in [-0.3, -0.25) is 20.2 Å². The Morgan fingerprint density at radius 2 is 1.65 bits per heavy atom. The SMILES string of the molecule is O=[N+]([O-])c1cc(CCCC(F)(F)F)cc([N+](=O)[O-])c1NCCCl. The smallest absolute Gasteiger partial charge is 0.373 e. The molecule has 0 aliphatic heterocycles. The molecule has 0 saturated carbocycles. The summed E-state index contributed by atoms with van der Waals surface area (Å²) in [5, 5.41) is 24.7. The van der Waals surface area contributed by atoms with Crippen LogP contribution >= 0.6 is 11.6 Å². The lowest BCUT2D eigenvalue weighted by atomic mass is 10.0. The molecule has 0 spiro atoms. The van der Waals surface area contributed by atoms with Gasteiger partial charge in [0.25, 0.3) is 11.4 Å². The predicted molar refractivity (Wildman–Crippen MR) is 78.0 cm³/mol. The summed E-state index contributed by atoms with van der Waals surface area (Å²) in [4.78, 5) is 20.5. The van der Waals surface area contributed by atoms with E-state index in [1.807, 2.05) is 0 Å². The third-order valence-electron chi connectivity index (χ3n) is 2.87. The van der Waals surface area contributed by atoms with E-state index in [4.69, 9.17) is 11.6 Å². The van der Waals surface area contributed by atoms with Gasteiger partial charge in [-0.05, 0) is 18.4 Å². The van der Waals surface area contributed by atoms with Crippen molar-refractivity contribution in [3.05, 3.63) is 37.9 Å². The molecule has 1 N–H and O–H groups in total. The summed E-state index contributed by atoms with van der Waals surface area (Å²) < 4.78 is 36.4. The largest absolute Gasteiger partial charge is 0.389 e. The minimum Gasteiger partial charge on any atom is -0.373 e. The number of alkyl halides is 4. The fraction of sp³-hybridized carbons (Fsp3) is 0.500. The number of nitrogens with zero attached hydrogens (tertiary/aromatic N) is 2. The molecule has 0 saturated heterocycles. The first-order valence-corrected chi connectivity index (χ1v) is 7.01. The van der Waals surface area contributed by atoms with E-state index in [0.29, 0.717) is 0 Å². The molecule has 0 aromatic heterocycles. The predicted octanol–water partition coefficient (Wildman–Crippen LogP) is 4.04. The van der Waals surface area contributed by atoms with Crippen LogP contribution in [0.25, 0.3) is 0 Å². The van der Waals surface area contributed by atoms with E-state index in [1.54, 1.807) is 0 Å². The Hall–Kier alpha value is -2.10. The van der Waals surface area contributed by atoms with Crippen LogP contribution in [0.5, 0.6) is 0 Å². The summed E-state index contributed by atoms with van der Waals surface area (Å²) >= 11 is 5.45. The summed E-state index contributed by atoms with van der Waals surface area (Å²) in [6, 6.07) is 2.08. The van der Waals surface area contributed by atoms with Gasteiger partial charge in [-0.25, -0.2) is 0 Å². The molecule has 0 radical (unpaired) electrons. The summed E-state index contributed by atoms with van der Waals surface area (Å²) in [5.74, 6) is 0.0711. The number of nitrogens with one attached hydrogen (secondary N) is 1. The molecule has 128 valence electrons. The lowest BCUT2D eigenvalue weighted by Gasteiger charge is -2.09. The molecular formula is C12H13ClF3N3O4. The molecule has 0 atom stereocenters. The number of nitro benzene ring substituents is 2. The Balaban J connectivity index is 3.14. The number of hydrogen-bond donors (Lipinski definition) is 1. The van der Waals surface area contributed by atoms with E-state index in [9.17, 15) is 33.4 Å². The molecule has 1 aromatic carbocycles. The van der Waals surface area contributed by atoms with Crippen molar-refractivity contribution in [2.24, 2.45) is 0 Å². The summed E-state index contributed by atoms with van der Waals surface area (Å²) in [7, 11) is 0. The first-order chi connectivity index (χ1) is 10.7. The zero-order valence-electron chi connectivity index (χ0n) is 11.7. The summed E-state index contributed by atoms with van der Waals surface area (Å²) in [5.41, 5.74) is -1.33. The Bertz CT molecular complexity index is 560. The van der Waals surface area contributed by atoms with E-state index in [2.05, 4.69) is 5.32 Å². The topological polar surface area (TPSA) is 98.3 Å². The van der Waals surface area contributed by atoms with Gasteiger partial charge < -0.3 is 5.32 Å². The highest BCUT2D eigenvalue weighted by Crippen LogP contribution is 2.36. The third kappa shape index (κ3) is 5.89. The van der Waals surface area contributed by atoms with E-state index >= 15 is 0 Å². The maximum atomic E-state index is 12.1.